The standard InChI is InChI=1S/C26H25N5O2S2/c1-18-7-5-8-21(17-18)30-16-6-10-23(30)25-24(22-9-3-4-15-27-22)28-26(34)31(25)20-13-11-19(12-14-20)29-35(2,32)33/h3-17,24-25,29H,1-2H3,(H,28,34)/t24-,25+/m1/s1. The van der Waals surface area contributed by atoms with Crippen LogP contribution in [0.25, 0.3) is 5.69 Å². The number of rotatable bonds is 6. The third kappa shape index (κ3) is 4.78. The van der Waals surface area contributed by atoms with Crippen molar-refractivity contribution >= 4 is 38.7 Å². The molecule has 5 rings (SSSR count). The first-order valence-corrected chi connectivity index (χ1v) is 13.4. The predicted octanol–water partition coefficient (Wildman–Crippen LogP) is 4.73. The molecule has 3 heterocycles. The van der Waals surface area contributed by atoms with Crippen molar-refractivity contribution in [2.24, 2.45) is 0 Å². The molecule has 2 N–H and O–H groups in total. The molecule has 0 unspecified atom stereocenters. The normalized spacial score (nSPS) is 17.9. The van der Waals surface area contributed by atoms with Gasteiger partial charge >= 0.3 is 0 Å². The highest BCUT2D eigenvalue weighted by Crippen LogP contribution is 2.42. The number of anilines is 2. The summed E-state index contributed by atoms with van der Waals surface area (Å²) in [5.41, 5.74) is 5.52. The molecule has 0 spiro atoms. The van der Waals surface area contributed by atoms with Gasteiger partial charge in [-0.1, -0.05) is 18.2 Å². The Morgan fingerprint density at radius 2 is 1.77 bits per heavy atom. The van der Waals surface area contributed by atoms with Crippen LogP contribution in [0.3, 0.4) is 0 Å². The zero-order chi connectivity index (χ0) is 24.6. The monoisotopic (exact) mass is 503 g/mol. The molecule has 0 aliphatic carbocycles. The van der Waals surface area contributed by atoms with Crippen LogP contribution in [0, 0.1) is 6.92 Å². The Balaban J connectivity index is 1.61. The molecule has 0 amide bonds. The van der Waals surface area contributed by atoms with Crippen molar-refractivity contribution in [2.75, 3.05) is 15.9 Å². The molecule has 1 saturated heterocycles. The summed E-state index contributed by atoms with van der Waals surface area (Å²) in [5, 5.41) is 4.05. The molecule has 1 aliphatic rings. The lowest BCUT2D eigenvalue weighted by molar-refractivity contribution is 0.549. The van der Waals surface area contributed by atoms with Crippen LogP contribution in [-0.2, 0) is 10.0 Å². The molecule has 35 heavy (non-hydrogen) atoms. The van der Waals surface area contributed by atoms with Gasteiger partial charge in [-0.25, -0.2) is 8.42 Å². The maximum absolute atomic E-state index is 11.6. The van der Waals surface area contributed by atoms with Crippen LogP contribution in [-0.4, -0.2) is 29.3 Å². The minimum Gasteiger partial charge on any atom is -0.351 e. The number of aryl methyl sites for hydroxylation is 1. The van der Waals surface area contributed by atoms with E-state index < -0.39 is 10.0 Å². The molecular formula is C26H25N5O2S2. The third-order valence-electron chi connectivity index (χ3n) is 5.91. The quantitative estimate of drug-likeness (QED) is 0.371. The molecule has 4 aromatic rings. The summed E-state index contributed by atoms with van der Waals surface area (Å²) >= 11 is 5.82. The van der Waals surface area contributed by atoms with Crippen LogP contribution in [0.2, 0.25) is 0 Å². The molecule has 1 aliphatic heterocycles. The van der Waals surface area contributed by atoms with Crippen LogP contribution in [0.5, 0.6) is 0 Å². The highest BCUT2D eigenvalue weighted by Gasteiger charge is 2.42. The summed E-state index contributed by atoms with van der Waals surface area (Å²) < 4.78 is 28.0. The lowest BCUT2D eigenvalue weighted by Gasteiger charge is -2.29. The van der Waals surface area contributed by atoms with Crippen molar-refractivity contribution in [3.63, 3.8) is 0 Å². The van der Waals surface area contributed by atoms with E-state index in [9.17, 15) is 8.42 Å². The van der Waals surface area contributed by atoms with E-state index in [4.69, 9.17) is 12.2 Å². The van der Waals surface area contributed by atoms with Gasteiger partial charge in [0.25, 0.3) is 0 Å². The zero-order valence-electron chi connectivity index (χ0n) is 19.3. The number of nitrogens with one attached hydrogen (secondary N) is 2. The Labute approximate surface area is 210 Å². The van der Waals surface area contributed by atoms with Crippen molar-refractivity contribution in [3.05, 3.63) is 108 Å². The maximum atomic E-state index is 11.6. The molecule has 0 radical (unpaired) electrons. The van der Waals surface area contributed by atoms with E-state index in [1.807, 2.05) is 42.5 Å². The van der Waals surface area contributed by atoms with Gasteiger partial charge in [0.1, 0.15) is 6.04 Å². The molecule has 0 saturated carbocycles. The molecular weight excluding hydrogens is 478 g/mol. The summed E-state index contributed by atoms with van der Waals surface area (Å²) in [4.78, 5) is 6.69. The summed E-state index contributed by atoms with van der Waals surface area (Å²) in [6, 6.07) is 25.2. The van der Waals surface area contributed by atoms with Gasteiger partial charge in [0, 0.05) is 35.1 Å². The van der Waals surface area contributed by atoms with Gasteiger partial charge in [0.2, 0.25) is 10.0 Å². The van der Waals surface area contributed by atoms with Crippen molar-refractivity contribution in [1.82, 2.24) is 14.9 Å². The largest absolute Gasteiger partial charge is 0.351 e. The Hall–Kier alpha value is -3.69. The van der Waals surface area contributed by atoms with Crippen LogP contribution in [0.1, 0.15) is 29.0 Å². The third-order valence-corrected chi connectivity index (χ3v) is 6.83. The molecule has 2 aromatic carbocycles. The van der Waals surface area contributed by atoms with E-state index in [2.05, 4.69) is 61.9 Å². The molecule has 9 heteroatoms. The fourth-order valence-corrected chi connectivity index (χ4v) is 5.40. The van der Waals surface area contributed by atoms with E-state index in [-0.39, 0.29) is 12.1 Å². The Kier molecular flexibility index (Phi) is 6.04. The summed E-state index contributed by atoms with van der Waals surface area (Å²) in [7, 11) is -3.36. The Morgan fingerprint density at radius 1 is 0.971 bits per heavy atom. The van der Waals surface area contributed by atoms with Gasteiger partial charge in [-0.3, -0.25) is 9.71 Å². The SMILES string of the molecule is Cc1cccc(-n2cccc2[C@H]2[C@@H](c3ccccn3)NC(=S)N2c2ccc(NS(C)(=O)=O)cc2)c1. The van der Waals surface area contributed by atoms with Crippen LogP contribution < -0.4 is 14.9 Å². The molecule has 178 valence electrons. The summed E-state index contributed by atoms with van der Waals surface area (Å²) in [6.45, 7) is 2.08. The summed E-state index contributed by atoms with van der Waals surface area (Å²) in [6.07, 6.45) is 4.97. The van der Waals surface area contributed by atoms with Crippen LogP contribution in [0.15, 0.2) is 91.3 Å². The fraction of sp³-hybridized carbons (Fsp3) is 0.154. The van der Waals surface area contributed by atoms with Gasteiger partial charge in [-0.15, -0.1) is 0 Å². The number of thiocarbonyl (C=S) groups is 1. The number of benzene rings is 2. The number of nitrogens with zero attached hydrogens (tertiary/aromatic N) is 3. The molecule has 2 atom stereocenters. The zero-order valence-corrected chi connectivity index (χ0v) is 20.9. The lowest BCUT2D eigenvalue weighted by Crippen LogP contribution is -2.30. The van der Waals surface area contributed by atoms with Crippen molar-refractivity contribution in [2.45, 2.75) is 19.0 Å². The second kappa shape index (κ2) is 9.16. The molecule has 7 nitrogen and oxygen atoms in total. The Bertz CT molecular complexity index is 1470. The van der Waals surface area contributed by atoms with E-state index in [0.29, 0.717) is 10.8 Å². The summed E-state index contributed by atoms with van der Waals surface area (Å²) in [5.74, 6) is 0. The molecule has 1 fully saturated rings. The number of hydrogen-bond donors (Lipinski definition) is 2. The van der Waals surface area contributed by atoms with Gasteiger partial charge in [0.15, 0.2) is 5.11 Å². The molecule has 0 bridgehead atoms. The van der Waals surface area contributed by atoms with Crippen molar-refractivity contribution < 1.29 is 8.42 Å². The highest BCUT2D eigenvalue weighted by molar-refractivity contribution is 7.92. The van der Waals surface area contributed by atoms with Crippen LogP contribution in [0.4, 0.5) is 11.4 Å². The van der Waals surface area contributed by atoms with E-state index >= 15 is 0 Å². The van der Waals surface area contributed by atoms with E-state index in [1.165, 1.54) is 5.56 Å². The average molecular weight is 504 g/mol. The second-order valence-corrected chi connectivity index (χ2v) is 10.7. The number of pyridine rings is 1. The first kappa shape index (κ1) is 23.1. The predicted molar refractivity (Wildman–Crippen MR) is 143 cm³/mol. The lowest BCUT2D eigenvalue weighted by atomic mass is 10.0. The number of hydrogen-bond acceptors (Lipinski definition) is 4. The topological polar surface area (TPSA) is 79.3 Å². The maximum Gasteiger partial charge on any atom is 0.229 e. The Morgan fingerprint density at radius 3 is 2.46 bits per heavy atom. The number of aromatic nitrogens is 2. The smallest absolute Gasteiger partial charge is 0.229 e. The van der Waals surface area contributed by atoms with Gasteiger partial charge in [0.05, 0.1) is 18.0 Å². The minimum absolute atomic E-state index is 0.184. The fourth-order valence-electron chi connectivity index (χ4n) is 4.49. The van der Waals surface area contributed by atoms with Crippen LogP contribution >= 0.6 is 12.2 Å². The average Bonchev–Trinajstić information content (AvgIpc) is 3.43. The highest BCUT2D eigenvalue weighted by atomic mass is 32.2. The van der Waals surface area contributed by atoms with Crippen molar-refractivity contribution in [3.8, 4) is 5.69 Å². The minimum atomic E-state index is -3.36. The first-order chi connectivity index (χ1) is 16.8. The first-order valence-electron chi connectivity index (χ1n) is 11.1. The molecule has 2 aromatic heterocycles. The van der Waals surface area contributed by atoms with Gasteiger partial charge in [-0.05, 0) is 85.4 Å². The van der Waals surface area contributed by atoms with Gasteiger partial charge in [-0.2, -0.15) is 0 Å². The number of sulfonamides is 1. The van der Waals surface area contributed by atoms with Crippen molar-refractivity contribution in [1.29, 1.82) is 0 Å². The van der Waals surface area contributed by atoms with E-state index in [1.54, 1.807) is 18.3 Å². The van der Waals surface area contributed by atoms with E-state index in [0.717, 1.165) is 29.0 Å². The second-order valence-electron chi connectivity index (χ2n) is 8.56. The van der Waals surface area contributed by atoms with Gasteiger partial charge < -0.3 is 14.8 Å².